The number of aromatic nitrogens is 2. The lowest BCUT2D eigenvalue weighted by Crippen LogP contribution is -2.13. The number of carbonyl (C=O) groups excluding carboxylic acids is 1. The highest BCUT2D eigenvalue weighted by molar-refractivity contribution is 8.03. The van der Waals surface area contributed by atoms with E-state index in [1.807, 2.05) is 0 Å². The van der Waals surface area contributed by atoms with Gasteiger partial charge >= 0.3 is 0 Å². The number of hydrogen-bond acceptors (Lipinski definition) is 8. The van der Waals surface area contributed by atoms with Gasteiger partial charge in [-0.2, -0.15) is 5.26 Å². The zero-order valence-electron chi connectivity index (χ0n) is 13.8. The first-order chi connectivity index (χ1) is 12.2. The molecular weight excluding hydrogens is 392 g/mol. The second-order valence-corrected chi connectivity index (χ2v) is 10.2. The van der Waals surface area contributed by atoms with E-state index in [2.05, 4.69) is 28.5 Å². The van der Waals surface area contributed by atoms with Gasteiger partial charge in [0, 0.05) is 10.6 Å². The van der Waals surface area contributed by atoms with Crippen molar-refractivity contribution in [3.05, 3.63) is 16.0 Å². The molecule has 0 aliphatic heterocycles. The molecule has 132 valence electrons. The number of carbonyl (C=O) groups is 1. The van der Waals surface area contributed by atoms with E-state index < -0.39 is 0 Å². The third kappa shape index (κ3) is 4.76. The number of aryl methyl sites for hydroxylation is 1. The van der Waals surface area contributed by atoms with Gasteiger partial charge in [-0.3, -0.25) is 4.79 Å². The molecule has 2 heterocycles. The van der Waals surface area contributed by atoms with Crippen LogP contribution >= 0.6 is 46.2 Å². The Morgan fingerprint density at radius 2 is 2.00 bits per heavy atom. The summed E-state index contributed by atoms with van der Waals surface area (Å²) in [6.07, 6.45) is 5.35. The van der Waals surface area contributed by atoms with Crippen molar-refractivity contribution >= 4 is 57.1 Å². The third-order valence-electron chi connectivity index (χ3n) is 3.68. The standard InChI is InChI=1S/C16H18N4OS4/c1-2-7-22-15-19-20-16(25-15)23-9-13(21)18-14-11(8-17)10-5-3-4-6-12(10)24-14/h2-7,9H2,1H3,(H,18,21). The average molecular weight is 411 g/mol. The Balaban J connectivity index is 1.57. The number of rotatable bonds is 7. The van der Waals surface area contributed by atoms with Crippen LogP contribution in [0.4, 0.5) is 5.00 Å². The molecule has 1 aliphatic rings. The quantitative estimate of drug-likeness (QED) is 0.673. The molecule has 0 aromatic carbocycles. The second kappa shape index (κ2) is 9.03. The number of nitriles is 1. The van der Waals surface area contributed by atoms with Crippen molar-refractivity contribution in [3.63, 3.8) is 0 Å². The predicted molar refractivity (Wildman–Crippen MR) is 106 cm³/mol. The number of hydrogen-bond donors (Lipinski definition) is 1. The number of fused-ring (bicyclic) bond motifs is 1. The van der Waals surface area contributed by atoms with Crippen LogP contribution in [0.2, 0.25) is 0 Å². The highest BCUT2D eigenvalue weighted by atomic mass is 32.2. The monoisotopic (exact) mass is 410 g/mol. The molecule has 5 nitrogen and oxygen atoms in total. The van der Waals surface area contributed by atoms with Gasteiger partial charge in [0.25, 0.3) is 0 Å². The van der Waals surface area contributed by atoms with Crippen molar-refractivity contribution in [2.24, 2.45) is 0 Å². The summed E-state index contributed by atoms with van der Waals surface area (Å²) in [5.41, 5.74) is 1.80. The molecule has 0 saturated heterocycles. The summed E-state index contributed by atoms with van der Waals surface area (Å²) in [4.78, 5) is 13.5. The van der Waals surface area contributed by atoms with E-state index in [9.17, 15) is 10.1 Å². The van der Waals surface area contributed by atoms with E-state index in [0.29, 0.717) is 10.6 Å². The first kappa shape index (κ1) is 18.7. The van der Waals surface area contributed by atoms with Crippen LogP contribution in [0.3, 0.4) is 0 Å². The molecule has 0 radical (unpaired) electrons. The zero-order chi connectivity index (χ0) is 17.6. The van der Waals surface area contributed by atoms with Gasteiger partial charge < -0.3 is 5.32 Å². The summed E-state index contributed by atoms with van der Waals surface area (Å²) < 4.78 is 1.75. The van der Waals surface area contributed by atoms with Gasteiger partial charge in [0.2, 0.25) is 5.91 Å². The maximum atomic E-state index is 12.3. The van der Waals surface area contributed by atoms with Crippen molar-refractivity contribution in [2.45, 2.75) is 47.7 Å². The number of nitrogens with zero attached hydrogens (tertiary/aromatic N) is 3. The lowest BCUT2D eigenvalue weighted by Gasteiger charge is -2.09. The van der Waals surface area contributed by atoms with Crippen LogP contribution in [0.1, 0.15) is 42.2 Å². The first-order valence-electron chi connectivity index (χ1n) is 8.14. The van der Waals surface area contributed by atoms with Crippen molar-refractivity contribution in [2.75, 3.05) is 16.8 Å². The Morgan fingerprint density at radius 1 is 1.24 bits per heavy atom. The number of thiophene rings is 1. The van der Waals surface area contributed by atoms with Gasteiger partial charge in [-0.25, -0.2) is 0 Å². The largest absolute Gasteiger partial charge is 0.316 e. The summed E-state index contributed by atoms with van der Waals surface area (Å²) in [5.74, 6) is 1.21. The van der Waals surface area contributed by atoms with E-state index >= 15 is 0 Å². The molecule has 0 fully saturated rings. The van der Waals surface area contributed by atoms with E-state index in [-0.39, 0.29) is 11.7 Å². The molecule has 1 amide bonds. The van der Waals surface area contributed by atoms with Crippen LogP contribution in [-0.4, -0.2) is 27.6 Å². The van der Waals surface area contributed by atoms with Gasteiger partial charge in [-0.05, 0) is 37.7 Å². The molecule has 1 N–H and O–H groups in total. The van der Waals surface area contributed by atoms with Crippen LogP contribution in [-0.2, 0) is 17.6 Å². The van der Waals surface area contributed by atoms with Crippen molar-refractivity contribution in [1.82, 2.24) is 10.2 Å². The molecule has 1 aliphatic carbocycles. The maximum Gasteiger partial charge on any atom is 0.235 e. The summed E-state index contributed by atoms with van der Waals surface area (Å²) >= 11 is 6.17. The number of nitrogens with one attached hydrogen (secondary N) is 1. The number of amides is 1. The minimum Gasteiger partial charge on any atom is -0.316 e. The number of anilines is 1. The fourth-order valence-electron chi connectivity index (χ4n) is 2.57. The van der Waals surface area contributed by atoms with Gasteiger partial charge in [0.15, 0.2) is 8.68 Å². The van der Waals surface area contributed by atoms with Crippen LogP contribution in [0, 0.1) is 11.3 Å². The lowest BCUT2D eigenvalue weighted by molar-refractivity contribution is -0.113. The predicted octanol–water partition coefficient (Wildman–Crippen LogP) is 4.58. The smallest absolute Gasteiger partial charge is 0.235 e. The Hall–Kier alpha value is -1.08. The van der Waals surface area contributed by atoms with Crippen LogP contribution in [0.5, 0.6) is 0 Å². The maximum absolute atomic E-state index is 12.3. The molecule has 2 aromatic rings. The Kier molecular flexibility index (Phi) is 6.76. The van der Waals surface area contributed by atoms with Crippen molar-refractivity contribution < 1.29 is 4.79 Å². The minimum atomic E-state index is -0.0990. The minimum absolute atomic E-state index is 0.0990. The SMILES string of the molecule is CCCSc1nnc(SCC(=O)Nc2sc3c(c2C#N)CCCC3)s1. The second-order valence-electron chi connectivity index (χ2n) is 5.55. The topological polar surface area (TPSA) is 78.7 Å². The van der Waals surface area contributed by atoms with Crippen LogP contribution < -0.4 is 5.32 Å². The summed E-state index contributed by atoms with van der Waals surface area (Å²) in [5, 5.41) is 21.3. The molecule has 0 atom stereocenters. The van der Waals surface area contributed by atoms with Crippen LogP contribution in [0.15, 0.2) is 8.68 Å². The van der Waals surface area contributed by atoms with Crippen molar-refractivity contribution in [1.29, 1.82) is 5.26 Å². The highest BCUT2D eigenvalue weighted by Gasteiger charge is 2.21. The average Bonchev–Trinajstić information content (AvgIpc) is 3.21. The molecule has 2 aromatic heterocycles. The Labute approximate surface area is 163 Å². The molecule has 0 saturated carbocycles. The molecule has 9 heteroatoms. The summed E-state index contributed by atoms with van der Waals surface area (Å²) in [6.45, 7) is 2.13. The fraction of sp³-hybridized carbons (Fsp3) is 0.500. The number of thioether (sulfide) groups is 2. The Morgan fingerprint density at radius 3 is 2.76 bits per heavy atom. The van der Waals surface area contributed by atoms with Gasteiger partial charge in [-0.15, -0.1) is 21.5 Å². The third-order valence-corrected chi connectivity index (χ3v) is 8.28. The fourth-order valence-corrected chi connectivity index (χ4v) is 6.57. The van der Waals surface area contributed by atoms with E-state index in [4.69, 9.17) is 0 Å². The van der Waals surface area contributed by atoms with Crippen molar-refractivity contribution in [3.8, 4) is 6.07 Å². The highest BCUT2D eigenvalue weighted by Crippen LogP contribution is 2.37. The van der Waals surface area contributed by atoms with E-state index in [1.54, 1.807) is 23.1 Å². The summed E-state index contributed by atoms with van der Waals surface area (Å²) in [7, 11) is 0. The van der Waals surface area contributed by atoms with E-state index in [1.165, 1.54) is 28.0 Å². The molecule has 3 rings (SSSR count). The van der Waals surface area contributed by atoms with Gasteiger partial charge in [0.05, 0.1) is 11.3 Å². The zero-order valence-corrected chi connectivity index (χ0v) is 17.1. The molecule has 0 unspecified atom stereocenters. The summed E-state index contributed by atoms with van der Waals surface area (Å²) in [6, 6.07) is 2.27. The molecular formula is C16H18N4OS4. The van der Waals surface area contributed by atoms with E-state index in [0.717, 1.165) is 52.1 Å². The van der Waals surface area contributed by atoms with Gasteiger partial charge in [0.1, 0.15) is 11.1 Å². The molecule has 0 bridgehead atoms. The first-order valence-corrected chi connectivity index (χ1v) is 11.7. The molecule has 25 heavy (non-hydrogen) atoms. The van der Waals surface area contributed by atoms with Gasteiger partial charge in [-0.1, -0.05) is 41.8 Å². The van der Waals surface area contributed by atoms with Crippen LogP contribution in [0.25, 0.3) is 0 Å². The normalized spacial score (nSPS) is 13.3. The molecule has 0 spiro atoms. The lowest BCUT2D eigenvalue weighted by atomic mass is 9.96. The Bertz CT molecular complexity index is 793.